The maximum Gasteiger partial charge on any atom is 0.270 e. The number of aromatic nitrogens is 2. The number of rotatable bonds is 3. The molecule has 0 aromatic carbocycles. The molecule has 0 spiro atoms. The van der Waals surface area contributed by atoms with E-state index in [1.807, 2.05) is 0 Å². The van der Waals surface area contributed by atoms with Gasteiger partial charge in [0.1, 0.15) is 11.2 Å². The molecule has 7 heteroatoms. The molecule has 24 heavy (non-hydrogen) atoms. The van der Waals surface area contributed by atoms with E-state index in [1.165, 1.54) is 10.6 Å². The summed E-state index contributed by atoms with van der Waals surface area (Å²) in [6, 6.07) is 5.29. The van der Waals surface area contributed by atoms with Crippen LogP contribution in [0.2, 0.25) is 0 Å². The summed E-state index contributed by atoms with van der Waals surface area (Å²) in [6.07, 6.45) is 3.01. The molecule has 2 aromatic heterocycles. The van der Waals surface area contributed by atoms with Crippen LogP contribution in [0.3, 0.4) is 0 Å². The molecular weight excluding hydrogens is 310 g/mol. The Morgan fingerprint density at radius 1 is 1.50 bits per heavy atom. The van der Waals surface area contributed by atoms with Crippen LogP contribution in [0.15, 0.2) is 35.4 Å². The second-order valence-corrected chi connectivity index (χ2v) is 6.60. The summed E-state index contributed by atoms with van der Waals surface area (Å²) in [7, 11) is 1.66. The molecule has 2 fully saturated rings. The van der Waals surface area contributed by atoms with Gasteiger partial charge in [-0.2, -0.15) is 0 Å². The molecule has 4 rings (SSSR count). The fourth-order valence-corrected chi connectivity index (χ4v) is 3.82. The van der Waals surface area contributed by atoms with Crippen molar-refractivity contribution in [2.75, 3.05) is 40.0 Å². The zero-order chi connectivity index (χ0) is 16.7. The smallest absolute Gasteiger partial charge is 0.270 e. The van der Waals surface area contributed by atoms with Gasteiger partial charge in [-0.1, -0.05) is 6.07 Å². The Labute approximate surface area is 138 Å². The van der Waals surface area contributed by atoms with Crippen LogP contribution in [-0.2, 0) is 9.47 Å². The van der Waals surface area contributed by atoms with E-state index in [0.29, 0.717) is 38.6 Å². The van der Waals surface area contributed by atoms with Gasteiger partial charge < -0.3 is 14.4 Å². The first-order valence-corrected chi connectivity index (χ1v) is 7.97. The molecule has 0 aliphatic carbocycles. The third-order valence-corrected chi connectivity index (χ3v) is 5.08. The number of carbonyl (C=O) groups excluding carboxylic acids is 1. The summed E-state index contributed by atoms with van der Waals surface area (Å²) >= 11 is 0. The van der Waals surface area contributed by atoms with Gasteiger partial charge in [-0.15, -0.1) is 0 Å². The summed E-state index contributed by atoms with van der Waals surface area (Å²) in [5, 5.41) is 0. The van der Waals surface area contributed by atoms with Gasteiger partial charge >= 0.3 is 0 Å². The Balaban J connectivity index is 1.66. The van der Waals surface area contributed by atoms with Crippen LogP contribution in [0.5, 0.6) is 0 Å². The molecule has 2 atom stereocenters. The maximum absolute atomic E-state index is 12.9. The van der Waals surface area contributed by atoms with Crippen LogP contribution < -0.4 is 5.56 Å². The highest BCUT2D eigenvalue weighted by Crippen LogP contribution is 2.41. The predicted octanol–water partition coefficient (Wildman–Crippen LogP) is 0.429. The van der Waals surface area contributed by atoms with Crippen molar-refractivity contribution in [3.05, 3.63) is 46.5 Å². The molecule has 7 nitrogen and oxygen atoms in total. The van der Waals surface area contributed by atoms with Crippen LogP contribution in [-0.4, -0.2) is 60.2 Å². The first kappa shape index (κ1) is 15.3. The van der Waals surface area contributed by atoms with Crippen molar-refractivity contribution in [3.63, 3.8) is 0 Å². The molecule has 0 bridgehead atoms. The summed E-state index contributed by atoms with van der Waals surface area (Å²) in [5.74, 6) is -0.0202. The molecule has 2 aliphatic rings. The van der Waals surface area contributed by atoms with Crippen LogP contribution in [0.1, 0.15) is 10.4 Å². The zero-order valence-corrected chi connectivity index (χ0v) is 13.5. The van der Waals surface area contributed by atoms with E-state index in [-0.39, 0.29) is 28.4 Å². The van der Waals surface area contributed by atoms with Gasteiger partial charge in [0.15, 0.2) is 0 Å². The molecule has 2 aliphatic heterocycles. The lowest BCUT2D eigenvalue weighted by molar-refractivity contribution is 0.0488. The van der Waals surface area contributed by atoms with Gasteiger partial charge in [0.2, 0.25) is 0 Å². The van der Waals surface area contributed by atoms with Crippen molar-refractivity contribution in [1.82, 2.24) is 14.3 Å². The zero-order valence-electron chi connectivity index (χ0n) is 13.5. The summed E-state index contributed by atoms with van der Waals surface area (Å²) in [6.45, 7) is 2.89. The van der Waals surface area contributed by atoms with E-state index in [4.69, 9.17) is 9.47 Å². The third-order valence-electron chi connectivity index (χ3n) is 5.08. The Kier molecular flexibility index (Phi) is 3.62. The number of methoxy groups -OCH3 is 1. The lowest BCUT2D eigenvalue weighted by atomic mass is 9.82. The number of nitrogens with zero attached hydrogens (tertiary/aromatic N) is 3. The van der Waals surface area contributed by atoms with E-state index >= 15 is 0 Å². The van der Waals surface area contributed by atoms with E-state index in [2.05, 4.69) is 4.98 Å². The van der Waals surface area contributed by atoms with Crippen molar-refractivity contribution in [2.45, 2.75) is 0 Å². The van der Waals surface area contributed by atoms with Crippen LogP contribution in [0.25, 0.3) is 5.65 Å². The van der Waals surface area contributed by atoms with Gasteiger partial charge in [-0.25, -0.2) is 4.98 Å². The summed E-state index contributed by atoms with van der Waals surface area (Å²) in [5.41, 5.74) is 0.138. The van der Waals surface area contributed by atoms with E-state index in [9.17, 15) is 9.59 Å². The fraction of sp³-hybridized carbons (Fsp3) is 0.471. The van der Waals surface area contributed by atoms with Crippen molar-refractivity contribution >= 4 is 11.6 Å². The molecule has 4 heterocycles. The number of pyridine rings is 1. The average molecular weight is 329 g/mol. The highest BCUT2D eigenvalue weighted by molar-refractivity contribution is 5.94. The number of carbonyl (C=O) groups is 1. The predicted molar refractivity (Wildman–Crippen MR) is 86.0 cm³/mol. The third kappa shape index (κ3) is 2.23. The Morgan fingerprint density at radius 3 is 3.21 bits per heavy atom. The molecule has 2 saturated heterocycles. The van der Waals surface area contributed by atoms with Crippen molar-refractivity contribution in [2.24, 2.45) is 11.3 Å². The largest absolute Gasteiger partial charge is 0.384 e. The highest BCUT2D eigenvalue weighted by atomic mass is 16.5. The second-order valence-electron chi connectivity index (χ2n) is 6.60. The Hall–Kier alpha value is -2.25. The monoisotopic (exact) mass is 329 g/mol. The number of ether oxygens (including phenoxy) is 2. The molecule has 126 valence electrons. The molecule has 0 radical (unpaired) electrons. The summed E-state index contributed by atoms with van der Waals surface area (Å²) < 4.78 is 12.3. The minimum atomic E-state index is -0.334. The molecule has 1 amide bonds. The van der Waals surface area contributed by atoms with Crippen molar-refractivity contribution < 1.29 is 14.3 Å². The van der Waals surface area contributed by atoms with Gasteiger partial charge in [-0.3, -0.25) is 14.0 Å². The van der Waals surface area contributed by atoms with Gasteiger partial charge in [0.05, 0.1) is 19.8 Å². The van der Waals surface area contributed by atoms with Crippen LogP contribution >= 0.6 is 0 Å². The van der Waals surface area contributed by atoms with Crippen molar-refractivity contribution in [3.8, 4) is 0 Å². The lowest BCUT2D eigenvalue weighted by Gasteiger charge is -2.25. The van der Waals surface area contributed by atoms with Crippen molar-refractivity contribution in [1.29, 1.82) is 0 Å². The minimum Gasteiger partial charge on any atom is -0.384 e. The normalized spacial score (nSPS) is 26.0. The minimum absolute atomic E-state index is 0.104. The second kappa shape index (κ2) is 5.68. The number of likely N-dealkylation sites (tertiary alicyclic amines) is 1. The number of fused-ring (bicyclic) bond motifs is 2. The number of hydrogen-bond donors (Lipinski definition) is 0. The topological polar surface area (TPSA) is 73.1 Å². The van der Waals surface area contributed by atoms with Gasteiger partial charge in [0, 0.05) is 43.9 Å². The SMILES string of the molecule is COC[C@@]12COC[C@@H]1CN(C(=O)c1cnc3ccccn3c1=O)C2. The van der Waals surface area contributed by atoms with Crippen LogP contribution in [0, 0.1) is 11.3 Å². The van der Waals surface area contributed by atoms with E-state index in [0.717, 1.165) is 0 Å². The fourth-order valence-electron chi connectivity index (χ4n) is 3.82. The average Bonchev–Trinajstić information content (AvgIpc) is 3.12. The molecule has 0 N–H and O–H groups in total. The molecule has 0 saturated carbocycles. The number of amides is 1. The first-order chi connectivity index (χ1) is 11.6. The molecule has 2 aromatic rings. The number of hydrogen-bond acceptors (Lipinski definition) is 5. The Morgan fingerprint density at radius 2 is 2.38 bits per heavy atom. The maximum atomic E-state index is 12.9. The summed E-state index contributed by atoms with van der Waals surface area (Å²) in [4.78, 5) is 31.4. The Bertz CT molecular complexity index is 849. The lowest BCUT2D eigenvalue weighted by Crippen LogP contribution is -2.38. The standard InChI is InChI=1S/C17H19N3O4/c1-23-10-17-9-19(7-12(17)8-24-11-17)15(21)13-6-18-14-4-2-3-5-20(14)16(13)22/h2-6,12H,7-11H2,1H3/t12-,17-/m0/s1. The van der Waals surface area contributed by atoms with Crippen LogP contribution in [0.4, 0.5) is 0 Å². The molecular formula is C17H19N3O4. The van der Waals surface area contributed by atoms with Gasteiger partial charge in [0.25, 0.3) is 11.5 Å². The highest BCUT2D eigenvalue weighted by Gasteiger charge is 2.52. The first-order valence-electron chi connectivity index (χ1n) is 7.97. The quantitative estimate of drug-likeness (QED) is 0.816. The van der Waals surface area contributed by atoms with Gasteiger partial charge in [-0.05, 0) is 12.1 Å². The molecule has 0 unspecified atom stereocenters. The van der Waals surface area contributed by atoms with E-state index < -0.39 is 0 Å². The van der Waals surface area contributed by atoms with E-state index in [1.54, 1.807) is 36.4 Å².